The van der Waals surface area contributed by atoms with Gasteiger partial charge in [-0.15, -0.1) is 0 Å². The Hall–Kier alpha value is -2.03. The topological polar surface area (TPSA) is 72.8 Å². The quantitative estimate of drug-likeness (QED) is 0.837. The highest BCUT2D eigenvalue weighted by Gasteiger charge is 2.27. The minimum absolute atomic E-state index is 0.217. The SMILES string of the molecule is O=S(=O)(c1ccc(NCCc2ccccc2F)[nH+]c1)N1CCOCC1. The molecule has 1 aromatic carbocycles. The highest BCUT2D eigenvalue weighted by Crippen LogP contribution is 2.16. The molecular weight excluding hydrogens is 345 g/mol. The Balaban J connectivity index is 1.59. The van der Waals surface area contributed by atoms with E-state index in [1.54, 1.807) is 30.3 Å². The lowest BCUT2D eigenvalue weighted by atomic mass is 10.1. The van der Waals surface area contributed by atoms with Crippen molar-refractivity contribution >= 4 is 15.8 Å². The lowest BCUT2D eigenvalue weighted by Crippen LogP contribution is -2.40. The molecule has 2 aromatic rings. The summed E-state index contributed by atoms with van der Waals surface area (Å²) in [5.74, 6) is 0.456. The summed E-state index contributed by atoms with van der Waals surface area (Å²) in [5, 5.41) is 3.13. The smallest absolute Gasteiger partial charge is 0.272 e. The van der Waals surface area contributed by atoms with Gasteiger partial charge in [-0.2, -0.15) is 4.31 Å². The van der Waals surface area contributed by atoms with E-state index in [1.165, 1.54) is 16.6 Å². The van der Waals surface area contributed by atoms with Gasteiger partial charge < -0.3 is 4.74 Å². The third kappa shape index (κ3) is 4.33. The van der Waals surface area contributed by atoms with Crippen LogP contribution >= 0.6 is 0 Å². The standard InChI is InChI=1S/C17H20FN3O3S/c18-16-4-2-1-3-14(16)7-8-19-17-6-5-15(13-20-17)25(22,23)21-9-11-24-12-10-21/h1-6,13H,7-12H2,(H,19,20)/p+1. The van der Waals surface area contributed by atoms with Gasteiger partial charge in [0.1, 0.15) is 16.9 Å². The maximum absolute atomic E-state index is 13.6. The predicted octanol–water partition coefficient (Wildman–Crippen LogP) is 1.32. The maximum atomic E-state index is 13.6. The molecule has 0 unspecified atom stereocenters. The van der Waals surface area contributed by atoms with Crippen molar-refractivity contribution in [3.8, 4) is 0 Å². The minimum atomic E-state index is -3.50. The molecule has 0 aliphatic carbocycles. The molecule has 0 radical (unpaired) electrons. The van der Waals surface area contributed by atoms with Gasteiger partial charge >= 0.3 is 0 Å². The van der Waals surface area contributed by atoms with Crippen LogP contribution in [-0.2, 0) is 21.2 Å². The van der Waals surface area contributed by atoms with Gasteiger partial charge in [0.05, 0.1) is 19.8 Å². The Morgan fingerprint density at radius 3 is 2.60 bits per heavy atom. The van der Waals surface area contributed by atoms with Crippen molar-refractivity contribution in [3.05, 3.63) is 54.0 Å². The van der Waals surface area contributed by atoms with Crippen molar-refractivity contribution in [2.24, 2.45) is 0 Å². The van der Waals surface area contributed by atoms with Gasteiger partial charge in [0.2, 0.25) is 10.0 Å². The van der Waals surface area contributed by atoms with E-state index in [2.05, 4.69) is 10.3 Å². The second-order valence-electron chi connectivity index (χ2n) is 5.72. The number of hydrogen-bond acceptors (Lipinski definition) is 4. The molecule has 1 aliphatic rings. The van der Waals surface area contributed by atoms with E-state index < -0.39 is 10.0 Å². The van der Waals surface area contributed by atoms with Crippen molar-refractivity contribution in [2.45, 2.75) is 11.3 Å². The number of aromatic nitrogens is 1. The van der Waals surface area contributed by atoms with E-state index in [0.29, 0.717) is 50.7 Å². The zero-order valence-electron chi connectivity index (χ0n) is 13.7. The van der Waals surface area contributed by atoms with Crippen molar-refractivity contribution in [2.75, 3.05) is 38.2 Å². The molecule has 2 N–H and O–H groups in total. The summed E-state index contributed by atoms with van der Waals surface area (Å²) in [6, 6.07) is 9.89. The van der Waals surface area contributed by atoms with Crippen molar-refractivity contribution in [1.29, 1.82) is 0 Å². The molecular formula is C17H21FN3O3S+. The summed E-state index contributed by atoms with van der Waals surface area (Å²) in [7, 11) is -3.50. The Kier molecular flexibility index (Phi) is 5.62. The first-order valence-corrected chi connectivity index (χ1v) is 9.58. The van der Waals surface area contributed by atoms with Gasteiger partial charge in [0.15, 0.2) is 0 Å². The Morgan fingerprint density at radius 1 is 1.16 bits per heavy atom. The average Bonchev–Trinajstić information content (AvgIpc) is 2.64. The third-order valence-corrected chi connectivity index (χ3v) is 5.95. The molecule has 0 amide bonds. The van der Waals surface area contributed by atoms with Crippen molar-refractivity contribution in [3.63, 3.8) is 0 Å². The fourth-order valence-electron chi connectivity index (χ4n) is 2.65. The molecule has 0 spiro atoms. The van der Waals surface area contributed by atoms with Crippen molar-refractivity contribution < 1.29 is 22.5 Å². The van der Waals surface area contributed by atoms with Crippen LogP contribution in [-0.4, -0.2) is 45.6 Å². The Morgan fingerprint density at radius 2 is 1.92 bits per heavy atom. The molecule has 1 fully saturated rings. The van der Waals surface area contributed by atoms with Crippen LogP contribution in [0.25, 0.3) is 0 Å². The van der Waals surface area contributed by atoms with E-state index in [-0.39, 0.29) is 10.7 Å². The monoisotopic (exact) mass is 366 g/mol. The summed E-state index contributed by atoms with van der Waals surface area (Å²) in [6.07, 6.45) is 2.00. The van der Waals surface area contributed by atoms with Crippen LogP contribution in [0.1, 0.15) is 5.56 Å². The number of aromatic amines is 1. The number of morpholine rings is 1. The molecule has 0 bridgehead atoms. The number of nitrogens with zero attached hydrogens (tertiary/aromatic N) is 1. The Bertz CT molecular complexity index is 806. The first-order valence-electron chi connectivity index (χ1n) is 8.14. The highest BCUT2D eigenvalue weighted by molar-refractivity contribution is 7.89. The zero-order chi connectivity index (χ0) is 17.7. The number of sulfonamides is 1. The van der Waals surface area contributed by atoms with Gasteiger partial charge in [-0.05, 0) is 17.7 Å². The normalized spacial score (nSPS) is 15.9. The number of nitrogens with one attached hydrogen (secondary N) is 2. The van der Waals surface area contributed by atoms with Crippen LogP contribution in [0.2, 0.25) is 0 Å². The highest BCUT2D eigenvalue weighted by atomic mass is 32.2. The molecule has 0 atom stereocenters. The fraction of sp³-hybridized carbons (Fsp3) is 0.353. The number of ether oxygens (including phenoxy) is 1. The van der Waals surface area contributed by atoms with Gasteiger partial charge in [0.25, 0.3) is 5.82 Å². The maximum Gasteiger partial charge on any atom is 0.272 e. The van der Waals surface area contributed by atoms with Crippen LogP contribution in [0.15, 0.2) is 47.5 Å². The summed E-state index contributed by atoms with van der Waals surface area (Å²) in [6.45, 7) is 2.10. The van der Waals surface area contributed by atoms with Crippen LogP contribution < -0.4 is 10.3 Å². The number of rotatable bonds is 6. The Labute approximate surface area is 146 Å². The average molecular weight is 366 g/mol. The summed E-state index contributed by atoms with van der Waals surface area (Å²) in [4.78, 5) is 3.16. The largest absolute Gasteiger partial charge is 0.379 e. The van der Waals surface area contributed by atoms with E-state index in [1.807, 2.05) is 0 Å². The molecule has 25 heavy (non-hydrogen) atoms. The summed E-state index contributed by atoms with van der Waals surface area (Å²) < 4.78 is 45.2. The second-order valence-corrected chi connectivity index (χ2v) is 7.66. The number of pyridine rings is 1. The molecule has 3 rings (SSSR count). The number of H-pyrrole nitrogens is 1. The fourth-order valence-corrected chi connectivity index (χ4v) is 4.03. The number of anilines is 1. The van der Waals surface area contributed by atoms with E-state index in [0.717, 1.165) is 0 Å². The van der Waals surface area contributed by atoms with Gasteiger partial charge in [-0.25, -0.2) is 17.8 Å². The second kappa shape index (κ2) is 7.90. The number of hydrogen-bond donors (Lipinski definition) is 1. The molecule has 2 heterocycles. The minimum Gasteiger partial charge on any atom is -0.379 e. The summed E-state index contributed by atoms with van der Waals surface area (Å²) >= 11 is 0. The van der Waals surface area contributed by atoms with E-state index >= 15 is 0 Å². The molecule has 6 nitrogen and oxygen atoms in total. The van der Waals surface area contributed by atoms with Crippen molar-refractivity contribution in [1.82, 2.24) is 4.31 Å². The third-order valence-electron chi connectivity index (χ3n) is 4.06. The number of halogens is 1. The molecule has 1 aromatic heterocycles. The van der Waals surface area contributed by atoms with Crippen LogP contribution in [0.4, 0.5) is 10.2 Å². The van der Waals surface area contributed by atoms with Gasteiger partial charge in [-0.3, -0.25) is 5.32 Å². The number of benzene rings is 1. The molecule has 8 heteroatoms. The van der Waals surface area contributed by atoms with Crippen LogP contribution in [0.3, 0.4) is 0 Å². The zero-order valence-corrected chi connectivity index (χ0v) is 14.6. The van der Waals surface area contributed by atoms with Gasteiger partial charge in [-0.1, -0.05) is 18.2 Å². The molecule has 0 saturated carbocycles. The summed E-state index contributed by atoms with van der Waals surface area (Å²) in [5.41, 5.74) is 0.640. The lowest BCUT2D eigenvalue weighted by Gasteiger charge is -2.25. The first-order chi connectivity index (χ1) is 12.1. The molecule has 134 valence electrons. The first kappa shape index (κ1) is 17.8. The predicted molar refractivity (Wildman–Crippen MR) is 91.2 cm³/mol. The molecule has 1 saturated heterocycles. The van der Waals surface area contributed by atoms with E-state index in [4.69, 9.17) is 4.74 Å². The lowest BCUT2D eigenvalue weighted by molar-refractivity contribution is -0.364. The van der Waals surface area contributed by atoms with E-state index in [9.17, 15) is 12.8 Å². The van der Waals surface area contributed by atoms with Crippen LogP contribution in [0, 0.1) is 5.82 Å². The van der Waals surface area contributed by atoms with Gasteiger partial charge in [0, 0.05) is 25.6 Å². The molecule has 1 aliphatic heterocycles. The van der Waals surface area contributed by atoms with Crippen LogP contribution in [0.5, 0.6) is 0 Å².